The van der Waals surface area contributed by atoms with Crippen LogP contribution in [0.2, 0.25) is 0 Å². The number of nitrogens with two attached hydrogens (primary N) is 1. The fourth-order valence-electron chi connectivity index (χ4n) is 3.39. The molecular weight excluding hydrogens is 383 g/mol. The number of hydrogen-bond donors (Lipinski definition) is 1. The average Bonchev–Trinajstić information content (AvgIpc) is 2.66. The van der Waals surface area contributed by atoms with Gasteiger partial charge in [0.2, 0.25) is 0 Å². The van der Waals surface area contributed by atoms with E-state index in [-0.39, 0.29) is 30.7 Å². The summed E-state index contributed by atoms with van der Waals surface area (Å²) in [6, 6.07) is 13.6. The van der Waals surface area contributed by atoms with E-state index in [0.29, 0.717) is 17.3 Å². The molecule has 1 saturated heterocycles. The Kier molecular flexibility index (Phi) is 9.56. The summed E-state index contributed by atoms with van der Waals surface area (Å²) < 4.78 is 0. The monoisotopic (exact) mass is 410 g/mol. The van der Waals surface area contributed by atoms with Crippen LogP contribution >= 0.6 is 24.8 Å². The molecule has 1 aromatic heterocycles. The Balaban J connectivity index is 0.00000182. The molecule has 2 heterocycles. The van der Waals surface area contributed by atoms with Crippen molar-refractivity contribution in [1.29, 1.82) is 0 Å². The second kappa shape index (κ2) is 11.1. The highest BCUT2D eigenvalue weighted by Gasteiger charge is 2.25. The number of amides is 1. The van der Waals surface area contributed by atoms with Gasteiger partial charge in [-0.3, -0.25) is 9.78 Å². The molecule has 0 atom stereocenters. The van der Waals surface area contributed by atoms with Crippen LogP contribution in [-0.2, 0) is 6.42 Å². The smallest absolute Gasteiger partial charge is 0.253 e. The summed E-state index contributed by atoms with van der Waals surface area (Å²) >= 11 is 0. The molecule has 148 valence electrons. The second-order valence-electron chi connectivity index (χ2n) is 6.69. The fraction of sp³-hybridized carbons (Fsp3) is 0.400. The standard InChI is InChI=1S/C20H26N4O.2ClH/c1-23(20(25)16-5-4-6-17(21)15-16)19-9-13-24(14-10-19)12-8-18-7-2-3-11-22-18;;/h2-7,11,15,19H,8-10,12-14,21H2,1H3;2*1H. The fourth-order valence-corrected chi connectivity index (χ4v) is 3.39. The minimum Gasteiger partial charge on any atom is -0.399 e. The Morgan fingerprint density at radius 2 is 1.93 bits per heavy atom. The van der Waals surface area contributed by atoms with Gasteiger partial charge in [-0.2, -0.15) is 0 Å². The van der Waals surface area contributed by atoms with E-state index in [2.05, 4.69) is 16.0 Å². The molecule has 0 aliphatic carbocycles. The quantitative estimate of drug-likeness (QED) is 0.768. The van der Waals surface area contributed by atoms with E-state index in [1.165, 1.54) is 0 Å². The Bertz CT molecular complexity index is 706. The molecule has 1 aromatic carbocycles. The van der Waals surface area contributed by atoms with Gasteiger partial charge in [-0.1, -0.05) is 12.1 Å². The molecule has 2 aromatic rings. The van der Waals surface area contributed by atoms with Gasteiger partial charge in [0.05, 0.1) is 0 Å². The molecule has 2 N–H and O–H groups in total. The van der Waals surface area contributed by atoms with Crippen molar-refractivity contribution >= 4 is 36.4 Å². The molecule has 0 unspecified atom stereocenters. The molecule has 1 fully saturated rings. The average molecular weight is 411 g/mol. The normalized spacial score (nSPS) is 14.7. The lowest BCUT2D eigenvalue weighted by molar-refractivity contribution is 0.0643. The first-order chi connectivity index (χ1) is 12.1. The van der Waals surface area contributed by atoms with Gasteiger partial charge in [0, 0.05) is 62.3 Å². The summed E-state index contributed by atoms with van der Waals surface area (Å²) in [6.45, 7) is 3.06. The van der Waals surface area contributed by atoms with Crippen LogP contribution in [0.15, 0.2) is 48.7 Å². The van der Waals surface area contributed by atoms with Gasteiger partial charge in [0.1, 0.15) is 0 Å². The number of nitrogen functional groups attached to an aromatic ring is 1. The van der Waals surface area contributed by atoms with Crippen molar-refractivity contribution in [2.45, 2.75) is 25.3 Å². The predicted molar refractivity (Wildman–Crippen MR) is 115 cm³/mol. The van der Waals surface area contributed by atoms with Crippen molar-refractivity contribution in [3.8, 4) is 0 Å². The van der Waals surface area contributed by atoms with E-state index in [0.717, 1.165) is 44.6 Å². The van der Waals surface area contributed by atoms with Gasteiger partial charge in [0.15, 0.2) is 0 Å². The number of pyridine rings is 1. The molecule has 1 aliphatic heterocycles. The molecule has 0 saturated carbocycles. The Hall–Kier alpha value is -1.82. The zero-order valence-corrected chi connectivity index (χ0v) is 17.2. The molecule has 1 aliphatic rings. The van der Waals surface area contributed by atoms with Gasteiger partial charge in [-0.25, -0.2) is 0 Å². The van der Waals surface area contributed by atoms with Gasteiger partial charge < -0.3 is 15.5 Å². The Morgan fingerprint density at radius 1 is 1.19 bits per heavy atom. The van der Waals surface area contributed by atoms with E-state index in [4.69, 9.17) is 5.73 Å². The number of nitrogens with zero attached hydrogens (tertiary/aromatic N) is 3. The molecule has 0 spiro atoms. The van der Waals surface area contributed by atoms with Crippen LogP contribution < -0.4 is 5.73 Å². The summed E-state index contributed by atoms with van der Waals surface area (Å²) in [5, 5.41) is 0. The number of carbonyl (C=O) groups excluding carboxylic acids is 1. The zero-order valence-electron chi connectivity index (χ0n) is 15.6. The number of carbonyl (C=O) groups is 1. The summed E-state index contributed by atoms with van der Waals surface area (Å²) in [7, 11) is 1.90. The van der Waals surface area contributed by atoms with Gasteiger partial charge in [-0.15, -0.1) is 24.8 Å². The van der Waals surface area contributed by atoms with Gasteiger partial charge >= 0.3 is 0 Å². The van der Waals surface area contributed by atoms with E-state index < -0.39 is 0 Å². The molecule has 5 nitrogen and oxygen atoms in total. The van der Waals surface area contributed by atoms with Crippen molar-refractivity contribution in [2.75, 3.05) is 32.4 Å². The third-order valence-electron chi connectivity index (χ3n) is 4.97. The number of anilines is 1. The van der Waals surface area contributed by atoms with E-state index in [1.54, 1.807) is 12.1 Å². The molecule has 3 rings (SSSR count). The minimum atomic E-state index is 0. The topological polar surface area (TPSA) is 62.5 Å². The van der Waals surface area contributed by atoms with Crippen molar-refractivity contribution in [2.24, 2.45) is 0 Å². The number of piperidine rings is 1. The third kappa shape index (κ3) is 6.38. The summed E-state index contributed by atoms with van der Waals surface area (Å²) in [6.07, 6.45) is 4.83. The van der Waals surface area contributed by atoms with E-state index in [1.807, 2.05) is 42.4 Å². The van der Waals surface area contributed by atoms with Crippen molar-refractivity contribution in [3.63, 3.8) is 0 Å². The first-order valence-electron chi connectivity index (χ1n) is 8.88. The van der Waals surface area contributed by atoms with E-state index >= 15 is 0 Å². The highest BCUT2D eigenvalue weighted by Crippen LogP contribution is 2.18. The minimum absolute atomic E-state index is 0. The summed E-state index contributed by atoms with van der Waals surface area (Å²) in [4.78, 5) is 21.4. The Morgan fingerprint density at radius 3 is 2.56 bits per heavy atom. The number of aromatic nitrogens is 1. The maximum absolute atomic E-state index is 12.6. The van der Waals surface area contributed by atoms with Gasteiger partial charge in [-0.05, 0) is 43.2 Å². The van der Waals surface area contributed by atoms with Crippen LogP contribution in [0.5, 0.6) is 0 Å². The lowest BCUT2D eigenvalue weighted by atomic mass is 10.0. The summed E-state index contributed by atoms with van der Waals surface area (Å²) in [5.41, 5.74) is 8.22. The number of hydrogen-bond acceptors (Lipinski definition) is 4. The van der Waals surface area contributed by atoms with Crippen molar-refractivity contribution in [3.05, 3.63) is 59.9 Å². The highest BCUT2D eigenvalue weighted by atomic mass is 35.5. The molecule has 7 heteroatoms. The summed E-state index contributed by atoms with van der Waals surface area (Å²) in [5.74, 6) is 0.0548. The number of rotatable bonds is 5. The van der Waals surface area contributed by atoms with Crippen LogP contribution in [0.3, 0.4) is 0 Å². The SMILES string of the molecule is CN(C(=O)c1cccc(N)c1)C1CCN(CCc2ccccn2)CC1.Cl.Cl. The van der Waals surface area contributed by atoms with Gasteiger partial charge in [0.25, 0.3) is 5.91 Å². The Labute approximate surface area is 173 Å². The first-order valence-corrected chi connectivity index (χ1v) is 8.88. The van der Waals surface area contributed by atoms with Crippen LogP contribution in [-0.4, -0.2) is 53.4 Å². The maximum atomic E-state index is 12.6. The highest BCUT2D eigenvalue weighted by molar-refractivity contribution is 5.95. The lowest BCUT2D eigenvalue weighted by Crippen LogP contribution is -2.46. The largest absolute Gasteiger partial charge is 0.399 e. The van der Waals surface area contributed by atoms with Crippen molar-refractivity contribution in [1.82, 2.24) is 14.8 Å². The first kappa shape index (κ1) is 23.2. The molecular formula is C20H28Cl2N4O. The predicted octanol–water partition coefficient (Wildman–Crippen LogP) is 3.29. The molecule has 0 bridgehead atoms. The van der Waals surface area contributed by atoms with Crippen molar-refractivity contribution < 1.29 is 4.79 Å². The van der Waals surface area contributed by atoms with Crippen LogP contribution in [0.4, 0.5) is 5.69 Å². The van der Waals surface area contributed by atoms with Crippen LogP contribution in [0, 0.1) is 0 Å². The molecule has 0 radical (unpaired) electrons. The van der Waals surface area contributed by atoms with Crippen LogP contribution in [0.25, 0.3) is 0 Å². The lowest BCUT2D eigenvalue weighted by Gasteiger charge is -2.36. The number of likely N-dealkylation sites (tertiary alicyclic amines) is 1. The number of benzene rings is 1. The third-order valence-corrected chi connectivity index (χ3v) is 4.97. The zero-order chi connectivity index (χ0) is 17.6. The number of halogens is 2. The molecule has 27 heavy (non-hydrogen) atoms. The second-order valence-corrected chi connectivity index (χ2v) is 6.69. The van der Waals surface area contributed by atoms with Crippen LogP contribution in [0.1, 0.15) is 28.9 Å². The molecule has 1 amide bonds. The van der Waals surface area contributed by atoms with E-state index in [9.17, 15) is 4.79 Å². The maximum Gasteiger partial charge on any atom is 0.253 e.